The van der Waals surface area contributed by atoms with Crippen LogP contribution in [0.25, 0.3) is 0 Å². The predicted octanol–water partition coefficient (Wildman–Crippen LogP) is 3.08. The molecule has 0 spiro atoms. The van der Waals surface area contributed by atoms with E-state index in [1.807, 2.05) is 20.2 Å². The molecule has 2 aromatic carbocycles. The summed E-state index contributed by atoms with van der Waals surface area (Å²) in [5.41, 5.74) is 4.30. The molecule has 0 bridgehead atoms. The monoisotopic (exact) mass is 272 g/mol. The fourth-order valence-electron chi connectivity index (χ4n) is 2.00. The van der Waals surface area contributed by atoms with E-state index in [1.165, 1.54) is 11.6 Å². The fourth-order valence-corrected chi connectivity index (χ4v) is 2.00. The van der Waals surface area contributed by atoms with Gasteiger partial charge in [0.05, 0.1) is 0 Å². The van der Waals surface area contributed by atoms with Gasteiger partial charge in [-0.3, -0.25) is 0 Å². The van der Waals surface area contributed by atoms with E-state index < -0.39 is 0 Å². The number of phenols is 2. The van der Waals surface area contributed by atoms with Gasteiger partial charge in [0.1, 0.15) is 0 Å². The topological polar surface area (TPSA) is 55.7 Å². The van der Waals surface area contributed by atoms with Gasteiger partial charge >= 0.3 is 0 Å². The third-order valence-corrected chi connectivity index (χ3v) is 3.25. The Balaban J connectivity index is 2.09. The van der Waals surface area contributed by atoms with Gasteiger partial charge in [0, 0.05) is 32.0 Å². The number of phenolic OH excluding ortho intramolecular Hbond substituents is 2. The van der Waals surface area contributed by atoms with Crippen molar-refractivity contribution in [2.75, 3.05) is 24.3 Å². The van der Waals surface area contributed by atoms with Crippen molar-refractivity contribution in [3.63, 3.8) is 0 Å². The standard InChI is InChI=1S/C16H20N2O2/c1-11-8-13(18(2)3)5-6-14(11)17-10-12-4-7-15(19)16(20)9-12/h4-9,17,19-20H,10H2,1-3H3. The second-order valence-electron chi connectivity index (χ2n) is 5.07. The molecule has 0 aliphatic heterocycles. The first-order chi connectivity index (χ1) is 9.47. The number of aryl methyl sites for hydroxylation is 1. The molecule has 0 aliphatic rings. The van der Waals surface area contributed by atoms with Gasteiger partial charge < -0.3 is 20.4 Å². The molecule has 0 aliphatic carbocycles. The number of hydrogen-bond donors (Lipinski definition) is 3. The highest BCUT2D eigenvalue weighted by molar-refractivity contribution is 5.60. The van der Waals surface area contributed by atoms with Crippen LogP contribution in [0.1, 0.15) is 11.1 Å². The van der Waals surface area contributed by atoms with Gasteiger partial charge in [-0.15, -0.1) is 0 Å². The van der Waals surface area contributed by atoms with Crippen molar-refractivity contribution in [2.45, 2.75) is 13.5 Å². The lowest BCUT2D eigenvalue weighted by atomic mass is 10.1. The summed E-state index contributed by atoms with van der Waals surface area (Å²) in [4.78, 5) is 2.06. The summed E-state index contributed by atoms with van der Waals surface area (Å²) in [6, 6.07) is 11.1. The summed E-state index contributed by atoms with van der Waals surface area (Å²) in [5, 5.41) is 22.1. The van der Waals surface area contributed by atoms with E-state index in [9.17, 15) is 10.2 Å². The minimum Gasteiger partial charge on any atom is -0.504 e. The molecule has 0 fully saturated rings. The van der Waals surface area contributed by atoms with Crippen LogP contribution < -0.4 is 10.2 Å². The van der Waals surface area contributed by atoms with E-state index in [-0.39, 0.29) is 11.5 Å². The molecule has 106 valence electrons. The largest absolute Gasteiger partial charge is 0.504 e. The Hall–Kier alpha value is -2.36. The fraction of sp³-hybridized carbons (Fsp3) is 0.250. The van der Waals surface area contributed by atoms with Crippen LogP contribution in [-0.2, 0) is 6.54 Å². The van der Waals surface area contributed by atoms with Crippen LogP contribution in [0.2, 0.25) is 0 Å². The number of hydrogen-bond acceptors (Lipinski definition) is 4. The second-order valence-corrected chi connectivity index (χ2v) is 5.07. The third kappa shape index (κ3) is 3.15. The van der Waals surface area contributed by atoms with E-state index in [1.54, 1.807) is 12.1 Å². The maximum atomic E-state index is 9.47. The molecular formula is C16H20N2O2. The SMILES string of the molecule is Cc1cc(N(C)C)ccc1NCc1ccc(O)c(O)c1. The summed E-state index contributed by atoms with van der Waals surface area (Å²) >= 11 is 0. The normalized spacial score (nSPS) is 10.3. The smallest absolute Gasteiger partial charge is 0.157 e. The second kappa shape index (κ2) is 5.74. The van der Waals surface area contributed by atoms with Crippen molar-refractivity contribution in [1.29, 1.82) is 0 Å². The van der Waals surface area contributed by atoms with Crippen LogP contribution in [0, 0.1) is 6.92 Å². The minimum absolute atomic E-state index is 0.0935. The van der Waals surface area contributed by atoms with Gasteiger partial charge in [-0.1, -0.05) is 6.07 Å². The Morgan fingerprint density at radius 3 is 2.35 bits per heavy atom. The number of rotatable bonds is 4. The van der Waals surface area contributed by atoms with Gasteiger partial charge in [-0.25, -0.2) is 0 Å². The van der Waals surface area contributed by atoms with Crippen LogP contribution in [0.5, 0.6) is 11.5 Å². The maximum Gasteiger partial charge on any atom is 0.157 e. The van der Waals surface area contributed by atoms with E-state index in [4.69, 9.17) is 0 Å². The molecule has 0 saturated carbocycles. The summed E-state index contributed by atoms with van der Waals surface area (Å²) in [6.07, 6.45) is 0. The van der Waals surface area contributed by atoms with Gasteiger partial charge in [0.15, 0.2) is 11.5 Å². The van der Waals surface area contributed by atoms with E-state index in [0.29, 0.717) is 6.54 Å². The average Bonchev–Trinajstić information content (AvgIpc) is 2.41. The van der Waals surface area contributed by atoms with E-state index in [2.05, 4.69) is 29.3 Å². The van der Waals surface area contributed by atoms with Gasteiger partial charge in [0.25, 0.3) is 0 Å². The number of benzene rings is 2. The molecule has 4 heteroatoms. The summed E-state index contributed by atoms with van der Waals surface area (Å²) in [6.45, 7) is 2.65. The molecule has 0 aromatic heterocycles. The summed E-state index contributed by atoms with van der Waals surface area (Å²) in [5.74, 6) is -0.191. The van der Waals surface area contributed by atoms with Crippen molar-refractivity contribution >= 4 is 11.4 Å². The van der Waals surface area contributed by atoms with Crippen molar-refractivity contribution in [2.24, 2.45) is 0 Å². The Morgan fingerprint density at radius 1 is 1.00 bits per heavy atom. The lowest BCUT2D eigenvalue weighted by Gasteiger charge is -2.16. The molecule has 4 nitrogen and oxygen atoms in total. The highest BCUT2D eigenvalue weighted by Crippen LogP contribution is 2.26. The van der Waals surface area contributed by atoms with Gasteiger partial charge in [-0.2, -0.15) is 0 Å². The van der Waals surface area contributed by atoms with Crippen molar-refractivity contribution in [1.82, 2.24) is 0 Å². The zero-order valence-corrected chi connectivity index (χ0v) is 12.0. The average molecular weight is 272 g/mol. The van der Waals surface area contributed by atoms with E-state index in [0.717, 1.165) is 16.9 Å². The highest BCUT2D eigenvalue weighted by Gasteiger charge is 2.03. The molecule has 2 rings (SSSR count). The molecule has 0 saturated heterocycles. The number of nitrogens with zero attached hydrogens (tertiary/aromatic N) is 1. The summed E-state index contributed by atoms with van der Waals surface area (Å²) < 4.78 is 0. The maximum absolute atomic E-state index is 9.47. The van der Waals surface area contributed by atoms with Crippen molar-refractivity contribution < 1.29 is 10.2 Å². The van der Waals surface area contributed by atoms with Crippen molar-refractivity contribution in [3.8, 4) is 11.5 Å². The zero-order valence-electron chi connectivity index (χ0n) is 12.0. The number of nitrogens with one attached hydrogen (secondary N) is 1. The van der Waals surface area contributed by atoms with Crippen LogP contribution >= 0.6 is 0 Å². The lowest BCUT2D eigenvalue weighted by Crippen LogP contribution is -2.09. The molecule has 0 unspecified atom stereocenters. The van der Waals surface area contributed by atoms with Crippen LogP contribution in [0.15, 0.2) is 36.4 Å². The molecule has 3 N–H and O–H groups in total. The lowest BCUT2D eigenvalue weighted by molar-refractivity contribution is 0.403. The molecule has 0 atom stereocenters. The molecule has 0 radical (unpaired) electrons. The van der Waals surface area contributed by atoms with E-state index >= 15 is 0 Å². The Labute approximate surface area is 119 Å². The molecule has 0 heterocycles. The zero-order chi connectivity index (χ0) is 14.7. The van der Waals surface area contributed by atoms with Gasteiger partial charge in [0.2, 0.25) is 0 Å². The Kier molecular flexibility index (Phi) is 4.03. The van der Waals surface area contributed by atoms with Gasteiger partial charge in [-0.05, 0) is 48.4 Å². The van der Waals surface area contributed by atoms with Crippen molar-refractivity contribution in [3.05, 3.63) is 47.5 Å². The Morgan fingerprint density at radius 2 is 1.75 bits per heavy atom. The third-order valence-electron chi connectivity index (χ3n) is 3.25. The first-order valence-electron chi connectivity index (χ1n) is 6.50. The van der Waals surface area contributed by atoms with Crippen LogP contribution in [-0.4, -0.2) is 24.3 Å². The minimum atomic E-state index is -0.0970. The molecule has 2 aromatic rings. The van der Waals surface area contributed by atoms with Crippen LogP contribution in [0.3, 0.4) is 0 Å². The van der Waals surface area contributed by atoms with Crippen LogP contribution in [0.4, 0.5) is 11.4 Å². The number of aromatic hydroxyl groups is 2. The Bertz CT molecular complexity index is 609. The predicted molar refractivity (Wildman–Crippen MR) is 82.6 cm³/mol. The first kappa shape index (κ1) is 14.1. The number of anilines is 2. The first-order valence-corrected chi connectivity index (χ1v) is 6.50. The quantitative estimate of drug-likeness (QED) is 0.749. The molecule has 0 amide bonds. The molecule has 20 heavy (non-hydrogen) atoms. The molecular weight excluding hydrogens is 252 g/mol. The highest BCUT2D eigenvalue weighted by atomic mass is 16.3. The summed E-state index contributed by atoms with van der Waals surface area (Å²) in [7, 11) is 4.03.